The van der Waals surface area contributed by atoms with Crippen LogP contribution in [0, 0.1) is 0 Å². The van der Waals surface area contributed by atoms with Gasteiger partial charge >= 0.3 is 8.56 Å². The van der Waals surface area contributed by atoms with Gasteiger partial charge in [-0.25, -0.2) is 0 Å². The lowest BCUT2D eigenvalue weighted by Crippen LogP contribution is -2.52. The quantitative estimate of drug-likeness (QED) is 0.239. The fraction of sp³-hybridized carbons (Fsp3) is 0.875. The summed E-state index contributed by atoms with van der Waals surface area (Å²) in [6.07, 6.45) is 3.93. The first-order valence-corrected chi connectivity index (χ1v) is 17.8. The van der Waals surface area contributed by atoms with E-state index in [4.69, 9.17) is 17.7 Å². The fourth-order valence-corrected chi connectivity index (χ4v) is 16.5. The Morgan fingerprint density at radius 2 is 1.39 bits per heavy atom. The van der Waals surface area contributed by atoms with Crippen LogP contribution in [-0.4, -0.2) is 45.0 Å². The van der Waals surface area contributed by atoms with E-state index in [9.17, 15) is 0 Å². The third-order valence-electron chi connectivity index (χ3n) is 3.49. The summed E-state index contributed by atoms with van der Waals surface area (Å²) in [6, 6.07) is 2.20. The third kappa shape index (κ3) is 13.1. The summed E-state index contributed by atoms with van der Waals surface area (Å²) in [7, 11) is -5.45. The van der Waals surface area contributed by atoms with Gasteiger partial charge in [0.25, 0.3) is 0 Å². The molecule has 0 amide bonds. The molecule has 7 heteroatoms. The normalized spacial score (nSPS) is 13.2. The predicted molar refractivity (Wildman–Crippen MR) is 106 cm³/mol. The van der Waals surface area contributed by atoms with Gasteiger partial charge < -0.3 is 17.7 Å². The Labute approximate surface area is 147 Å². The Kier molecular flexibility index (Phi) is 10.9. The molecule has 0 aliphatic rings. The van der Waals surface area contributed by atoms with Crippen LogP contribution in [0.5, 0.6) is 0 Å². The molecule has 0 saturated carbocycles. The van der Waals surface area contributed by atoms with Crippen LogP contribution in [0.25, 0.3) is 0 Å². The van der Waals surface area contributed by atoms with Gasteiger partial charge in [-0.15, -0.1) is 0 Å². The molecular weight excluding hydrogens is 340 g/mol. The molecule has 0 rings (SSSR count). The minimum absolute atomic E-state index is 0.562. The smallest absolute Gasteiger partial charge is 0.311 e. The minimum atomic E-state index is -2.08. The van der Waals surface area contributed by atoms with Crippen LogP contribution in [0.15, 0.2) is 12.8 Å². The average Bonchev–Trinajstić information content (AvgIpc) is 2.37. The van der Waals surface area contributed by atoms with E-state index in [1.54, 1.807) is 0 Å². The van der Waals surface area contributed by atoms with Gasteiger partial charge in [0.15, 0.2) is 16.6 Å². The number of hydrogen-bond donors (Lipinski definition) is 0. The molecule has 0 aliphatic heterocycles. The summed E-state index contributed by atoms with van der Waals surface area (Å²) in [6.45, 7) is 21.2. The summed E-state index contributed by atoms with van der Waals surface area (Å²) in [5, 5.41) is 0. The Hall–Kier alpha value is 0.0706. The lowest BCUT2D eigenvalue weighted by Gasteiger charge is -2.38. The van der Waals surface area contributed by atoms with Crippen LogP contribution < -0.4 is 0 Å². The monoisotopic (exact) mass is 378 g/mol. The van der Waals surface area contributed by atoms with Crippen LogP contribution in [0.1, 0.15) is 19.8 Å². The maximum atomic E-state index is 6.54. The number of rotatable bonds is 14. The van der Waals surface area contributed by atoms with Crippen molar-refractivity contribution in [1.82, 2.24) is 0 Å². The molecular formula is C16H38O4Si3. The predicted octanol–water partition coefficient (Wildman–Crippen LogP) is 5.11. The Morgan fingerprint density at radius 3 is 1.91 bits per heavy atom. The molecule has 0 radical (unpaired) electrons. The molecule has 0 atom stereocenters. The Bertz CT molecular complexity index is 333. The van der Waals surface area contributed by atoms with Crippen molar-refractivity contribution < 1.29 is 17.7 Å². The molecule has 0 N–H and O–H groups in total. The van der Waals surface area contributed by atoms with Crippen LogP contribution in [0.4, 0.5) is 0 Å². The van der Waals surface area contributed by atoms with Crippen molar-refractivity contribution in [2.24, 2.45) is 0 Å². The van der Waals surface area contributed by atoms with Gasteiger partial charge in [0.1, 0.15) is 6.61 Å². The topological polar surface area (TPSA) is 36.9 Å². The highest BCUT2D eigenvalue weighted by atomic mass is 28.5. The van der Waals surface area contributed by atoms with Crippen molar-refractivity contribution in [2.75, 3.05) is 19.8 Å². The van der Waals surface area contributed by atoms with Gasteiger partial charge in [0.2, 0.25) is 0 Å². The van der Waals surface area contributed by atoms with Crippen molar-refractivity contribution in [3.05, 3.63) is 12.8 Å². The van der Waals surface area contributed by atoms with E-state index in [1.807, 2.05) is 0 Å². The zero-order chi connectivity index (χ0) is 18.0. The zero-order valence-electron chi connectivity index (χ0n) is 16.4. The van der Waals surface area contributed by atoms with Crippen molar-refractivity contribution in [3.8, 4) is 0 Å². The second-order valence-corrected chi connectivity index (χ2v) is 20.1. The SMILES string of the molecule is C=COCCOCC[Si](C)(C)O[Si](C)(C)O[Si](C)(C)CCCC. The van der Waals surface area contributed by atoms with E-state index >= 15 is 0 Å². The second-order valence-electron chi connectivity index (χ2n) is 7.63. The highest BCUT2D eigenvalue weighted by molar-refractivity contribution is 6.87. The van der Waals surface area contributed by atoms with Crippen LogP contribution in [0.2, 0.25) is 51.4 Å². The van der Waals surface area contributed by atoms with Crippen LogP contribution in [0.3, 0.4) is 0 Å². The molecule has 0 heterocycles. The van der Waals surface area contributed by atoms with Crippen LogP contribution >= 0.6 is 0 Å². The van der Waals surface area contributed by atoms with E-state index in [1.165, 1.54) is 25.1 Å². The van der Waals surface area contributed by atoms with Gasteiger partial charge in [-0.2, -0.15) is 0 Å². The minimum Gasteiger partial charge on any atom is -0.499 e. The number of hydrogen-bond acceptors (Lipinski definition) is 4. The second kappa shape index (κ2) is 10.8. The standard InChI is InChI=1S/C16H38O4Si3/c1-9-11-15-21(3,4)19-23(7,8)20-22(5,6)16-14-18-13-12-17-10-2/h10H,2,9,11-16H2,1,3-8H3. The number of unbranched alkanes of at least 4 members (excludes halogenated alkanes) is 1. The third-order valence-corrected chi connectivity index (χ3v) is 14.8. The molecule has 0 aromatic carbocycles. The Balaban J connectivity index is 4.25. The first-order chi connectivity index (χ1) is 10.5. The van der Waals surface area contributed by atoms with Gasteiger partial charge in [0.05, 0.1) is 12.9 Å². The molecule has 0 aliphatic carbocycles. The summed E-state index contributed by atoms with van der Waals surface area (Å²) >= 11 is 0. The highest BCUT2D eigenvalue weighted by Crippen LogP contribution is 2.25. The number of ether oxygens (including phenoxy) is 2. The largest absolute Gasteiger partial charge is 0.499 e. The molecule has 0 aromatic rings. The summed E-state index contributed by atoms with van der Waals surface area (Å²) in [4.78, 5) is 0. The summed E-state index contributed by atoms with van der Waals surface area (Å²) < 4.78 is 23.7. The van der Waals surface area contributed by atoms with Crippen molar-refractivity contribution in [1.29, 1.82) is 0 Å². The van der Waals surface area contributed by atoms with E-state index in [0.717, 1.165) is 12.7 Å². The lowest BCUT2D eigenvalue weighted by molar-refractivity contribution is 0.0920. The molecule has 23 heavy (non-hydrogen) atoms. The van der Waals surface area contributed by atoms with E-state index < -0.39 is 25.2 Å². The molecule has 4 nitrogen and oxygen atoms in total. The van der Waals surface area contributed by atoms with Gasteiger partial charge in [0, 0.05) is 6.61 Å². The maximum Gasteiger partial charge on any atom is 0.311 e. The summed E-state index contributed by atoms with van der Waals surface area (Å²) in [5.74, 6) is 0. The van der Waals surface area contributed by atoms with Crippen molar-refractivity contribution in [3.63, 3.8) is 0 Å². The van der Waals surface area contributed by atoms with E-state index in [-0.39, 0.29) is 0 Å². The molecule has 138 valence electrons. The van der Waals surface area contributed by atoms with Crippen molar-refractivity contribution >= 4 is 25.2 Å². The molecule has 0 saturated heterocycles. The highest BCUT2D eigenvalue weighted by Gasteiger charge is 2.39. The lowest BCUT2D eigenvalue weighted by atomic mass is 10.4. The van der Waals surface area contributed by atoms with E-state index in [2.05, 4.69) is 52.8 Å². The molecule has 0 aromatic heterocycles. The molecule has 0 spiro atoms. The fourth-order valence-electron chi connectivity index (χ4n) is 2.67. The first kappa shape index (κ1) is 23.1. The zero-order valence-corrected chi connectivity index (χ0v) is 19.4. The first-order valence-electron chi connectivity index (χ1n) is 8.74. The van der Waals surface area contributed by atoms with Gasteiger partial charge in [-0.1, -0.05) is 26.3 Å². The van der Waals surface area contributed by atoms with Gasteiger partial charge in [-0.3, -0.25) is 0 Å². The Morgan fingerprint density at radius 1 is 0.826 bits per heavy atom. The van der Waals surface area contributed by atoms with Crippen LogP contribution in [-0.2, 0) is 17.7 Å². The average molecular weight is 379 g/mol. The molecule has 0 bridgehead atoms. The summed E-state index contributed by atoms with van der Waals surface area (Å²) in [5.41, 5.74) is 0. The molecule has 0 fully saturated rings. The maximum absolute atomic E-state index is 6.54. The van der Waals surface area contributed by atoms with E-state index in [0.29, 0.717) is 13.2 Å². The molecule has 0 unspecified atom stereocenters. The van der Waals surface area contributed by atoms with Gasteiger partial charge in [-0.05, 0) is 51.4 Å². The van der Waals surface area contributed by atoms with Crippen molar-refractivity contribution in [2.45, 2.75) is 71.1 Å².